The van der Waals surface area contributed by atoms with Crippen molar-refractivity contribution in [2.24, 2.45) is 0 Å². The Balaban J connectivity index is 1.50. The van der Waals surface area contributed by atoms with E-state index in [0.717, 1.165) is 22.4 Å². The van der Waals surface area contributed by atoms with Gasteiger partial charge in [-0.15, -0.1) is 10.2 Å². The highest BCUT2D eigenvalue weighted by atomic mass is 32.2. The van der Waals surface area contributed by atoms with Crippen LogP contribution < -0.4 is 10.7 Å². The number of nitrogens with zero attached hydrogens (tertiary/aromatic N) is 3. The number of carbonyl (C=O) groups is 2. The third-order valence-electron chi connectivity index (χ3n) is 5.74. The molecule has 1 amide bonds. The molecule has 2 N–H and O–H groups in total. The molecule has 0 unspecified atom stereocenters. The molecular weight excluding hydrogens is 462 g/mol. The van der Waals surface area contributed by atoms with Gasteiger partial charge in [-0.25, -0.2) is 9.47 Å². The molecule has 1 aromatic heterocycles. The van der Waals surface area contributed by atoms with Gasteiger partial charge in [0.15, 0.2) is 5.82 Å². The number of fused-ring (bicyclic) bond motifs is 1. The summed E-state index contributed by atoms with van der Waals surface area (Å²) in [6, 6.07) is 24.0. The molecule has 2 heterocycles. The monoisotopic (exact) mass is 485 g/mol. The number of hydrogen-bond donors (Lipinski definition) is 2. The Hall–Kier alpha value is -4.11. The normalized spacial score (nSPS) is 16.6. The first-order chi connectivity index (χ1) is 17.0. The lowest BCUT2D eigenvalue weighted by molar-refractivity contribution is -0.116. The number of methoxy groups -OCH3 is 1. The summed E-state index contributed by atoms with van der Waals surface area (Å²) in [5, 5.41) is 11.8. The molecule has 4 aromatic rings. The molecule has 0 radical (unpaired) electrons. The number of carbonyl (C=O) groups excluding carboxylic acids is 2. The van der Waals surface area contributed by atoms with Gasteiger partial charge < -0.3 is 15.5 Å². The molecule has 2 atom stereocenters. The van der Waals surface area contributed by atoms with Gasteiger partial charge in [-0.3, -0.25) is 4.79 Å². The van der Waals surface area contributed by atoms with E-state index < -0.39 is 17.3 Å². The molecule has 5 rings (SSSR count). The van der Waals surface area contributed by atoms with Crippen molar-refractivity contribution in [2.45, 2.75) is 23.4 Å². The van der Waals surface area contributed by atoms with Gasteiger partial charge in [0, 0.05) is 11.3 Å². The minimum Gasteiger partial charge on any atom is -0.465 e. The largest absolute Gasteiger partial charge is 0.465 e. The van der Waals surface area contributed by atoms with Gasteiger partial charge in [-0.2, -0.15) is 0 Å². The Labute approximate surface area is 206 Å². The number of amides is 1. The van der Waals surface area contributed by atoms with Crippen molar-refractivity contribution in [1.82, 2.24) is 14.9 Å². The third-order valence-corrected chi connectivity index (χ3v) is 6.95. The molecule has 35 heavy (non-hydrogen) atoms. The Kier molecular flexibility index (Phi) is 6.24. The van der Waals surface area contributed by atoms with Crippen LogP contribution in [0, 0.1) is 6.92 Å². The quantitative estimate of drug-likeness (QED) is 0.403. The zero-order valence-corrected chi connectivity index (χ0v) is 20.0. The minimum atomic E-state index is -0.541. The fourth-order valence-corrected chi connectivity index (χ4v) is 4.95. The number of thioether (sulfide) groups is 1. The average Bonchev–Trinajstić information content (AvgIpc) is 3.32. The summed E-state index contributed by atoms with van der Waals surface area (Å²) in [7, 11) is 1.35. The minimum absolute atomic E-state index is 0.163. The van der Waals surface area contributed by atoms with E-state index in [1.807, 2.05) is 78.3 Å². The molecule has 9 heteroatoms. The SMILES string of the molecule is COC(=O)c1ccc([C@H]2Nn3c(nnc3-c3ccccc3)S[C@H]2C(=O)Nc2ccc(C)cc2)cc1. The average molecular weight is 486 g/mol. The lowest BCUT2D eigenvalue weighted by atomic mass is 10.0. The number of aryl methyl sites for hydroxylation is 1. The maximum atomic E-state index is 13.4. The predicted octanol–water partition coefficient (Wildman–Crippen LogP) is 4.44. The van der Waals surface area contributed by atoms with Crippen molar-refractivity contribution in [1.29, 1.82) is 0 Å². The first-order valence-corrected chi connectivity index (χ1v) is 11.9. The molecule has 0 saturated heterocycles. The van der Waals surface area contributed by atoms with Gasteiger partial charge in [0.1, 0.15) is 5.25 Å². The summed E-state index contributed by atoms with van der Waals surface area (Å²) < 4.78 is 6.63. The molecule has 176 valence electrons. The summed E-state index contributed by atoms with van der Waals surface area (Å²) in [5.74, 6) is 0.0780. The van der Waals surface area contributed by atoms with Crippen LogP contribution in [0.3, 0.4) is 0 Å². The molecule has 0 saturated carbocycles. The number of nitrogens with one attached hydrogen (secondary N) is 2. The molecular formula is C26H23N5O3S. The lowest BCUT2D eigenvalue weighted by Crippen LogP contribution is -2.41. The predicted molar refractivity (Wildman–Crippen MR) is 135 cm³/mol. The zero-order chi connectivity index (χ0) is 24.4. The highest BCUT2D eigenvalue weighted by molar-refractivity contribution is 8.00. The Morgan fingerprint density at radius 3 is 2.37 bits per heavy atom. The van der Waals surface area contributed by atoms with Gasteiger partial charge in [-0.1, -0.05) is 71.9 Å². The van der Waals surface area contributed by atoms with Crippen molar-refractivity contribution in [3.63, 3.8) is 0 Å². The van der Waals surface area contributed by atoms with E-state index in [1.54, 1.807) is 12.1 Å². The molecule has 1 aliphatic rings. The van der Waals surface area contributed by atoms with Crippen molar-refractivity contribution in [2.75, 3.05) is 17.9 Å². The number of hydrogen-bond acceptors (Lipinski definition) is 7. The lowest BCUT2D eigenvalue weighted by Gasteiger charge is -2.33. The van der Waals surface area contributed by atoms with Crippen LogP contribution in [0.25, 0.3) is 11.4 Å². The number of ether oxygens (including phenoxy) is 1. The molecule has 0 aliphatic carbocycles. The van der Waals surface area contributed by atoms with E-state index in [1.165, 1.54) is 18.9 Å². The third kappa shape index (κ3) is 4.63. The van der Waals surface area contributed by atoms with Crippen LogP contribution in [0.15, 0.2) is 84.0 Å². The van der Waals surface area contributed by atoms with E-state index in [-0.39, 0.29) is 5.91 Å². The maximum Gasteiger partial charge on any atom is 0.337 e. The second kappa shape index (κ2) is 9.63. The fraction of sp³-hybridized carbons (Fsp3) is 0.154. The van der Waals surface area contributed by atoms with Crippen LogP contribution in [0.4, 0.5) is 5.69 Å². The first-order valence-electron chi connectivity index (χ1n) is 11.0. The van der Waals surface area contributed by atoms with Crippen LogP contribution >= 0.6 is 11.8 Å². The van der Waals surface area contributed by atoms with E-state index in [0.29, 0.717) is 16.5 Å². The zero-order valence-electron chi connectivity index (χ0n) is 19.1. The molecule has 0 spiro atoms. The topological polar surface area (TPSA) is 98.1 Å². The van der Waals surface area contributed by atoms with Crippen LogP contribution in [-0.2, 0) is 9.53 Å². The van der Waals surface area contributed by atoms with E-state index in [4.69, 9.17) is 4.74 Å². The number of aromatic nitrogens is 3. The van der Waals surface area contributed by atoms with Crippen LogP contribution in [0.2, 0.25) is 0 Å². The van der Waals surface area contributed by atoms with Crippen molar-refractivity contribution >= 4 is 29.3 Å². The summed E-state index contributed by atoms with van der Waals surface area (Å²) in [5.41, 5.74) is 7.46. The van der Waals surface area contributed by atoms with Gasteiger partial charge in [0.2, 0.25) is 11.1 Å². The standard InChI is InChI=1S/C26H23N5O3S/c1-16-8-14-20(15-9-16)27-24(32)22-21(17-10-12-19(13-11-17)25(33)34-2)30-31-23(28-29-26(31)35-22)18-6-4-3-5-7-18/h3-15,21-22,30H,1-2H3,(H,27,32)/t21-,22-/m1/s1. The maximum absolute atomic E-state index is 13.4. The number of anilines is 1. The van der Waals surface area contributed by atoms with E-state index in [2.05, 4.69) is 20.9 Å². The van der Waals surface area contributed by atoms with Gasteiger partial charge in [0.05, 0.1) is 18.7 Å². The first kappa shape index (κ1) is 22.7. The van der Waals surface area contributed by atoms with E-state index >= 15 is 0 Å². The highest BCUT2D eigenvalue weighted by Crippen LogP contribution is 2.39. The Morgan fingerprint density at radius 2 is 1.69 bits per heavy atom. The van der Waals surface area contributed by atoms with Gasteiger partial charge in [0.25, 0.3) is 0 Å². The summed E-state index contributed by atoms with van der Waals surface area (Å²) in [4.78, 5) is 25.3. The second-order valence-electron chi connectivity index (χ2n) is 8.12. The van der Waals surface area contributed by atoms with E-state index in [9.17, 15) is 9.59 Å². The Bertz CT molecular complexity index is 1350. The van der Waals surface area contributed by atoms with Gasteiger partial charge >= 0.3 is 5.97 Å². The van der Waals surface area contributed by atoms with Crippen LogP contribution in [0.5, 0.6) is 0 Å². The fourth-order valence-electron chi connectivity index (χ4n) is 3.87. The Morgan fingerprint density at radius 1 is 0.971 bits per heavy atom. The molecule has 1 aliphatic heterocycles. The summed E-state index contributed by atoms with van der Waals surface area (Å²) >= 11 is 1.34. The molecule has 0 fully saturated rings. The van der Waals surface area contributed by atoms with Crippen LogP contribution in [-0.4, -0.2) is 39.1 Å². The number of benzene rings is 3. The van der Waals surface area contributed by atoms with Crippen LogP contribution in [0.1, 0.15) is 27.5 Å². The summed E-state index contributed by atoms with van der Waals surface area (Å²) in [6.45, 7) is 2.00. The summed E-state index contributed by atoms with van der Waals surface area (Å²) in [6.07, 6.45) is 0. The molecule has 0 bridgehead atoms. The number of rotatable bonds is 5. The van der Waals surface area contributed by atoms with Crippen molar-refractivity contribution < 1.29 is 14.3 Å². The molecule has 3 aromatic carbocycles. The highest BCUT2D eigenvalue weighted by Gasteiger charge is 2.38. The smallest absolute Gasteiger partial charge is 0.337 e. The second-order valence-corrected chi connectivity index (χ2v) is 9.23. The van der Waals surface area contributed by atoms with Crippen molar-refractivity contribution in [3.05, 3.63) is 95.6 Å². The van der Waals surface area contributed by atoms with Gasteiger partial charge in [-0.05, 0) is 36.8 Å². The van der Waals surface area contributed by atoms with Crippen molar-refractivity contribution in [3.8, 4) is 11.4 Å². The number of esters is 1. The molecule has 8 nitrogen and oxygen atoms in total.